The van der Waals surface area contributed by atoms with Crippen molar-refractivity contribution in [2.45, 2.75) is 45.1 Å². The first-order valence-electron chi connectivity index (χ1n) is 8.18. The third kappa shape index (κ3) is 1.85. The van der Waals surface area contributed by atoms with Crippen LogP contribution in [-0.4, -0.2) is 35.6 Å². The number of aryl methyl sites for hydroxylation is 1. The first-order chi connectivity index (χ1) is 9.88. The van der Waals surface area contributed by atoms with Gasteiger partial charge in [0.2, 0.25) is 0 Å². The van der Waals surface area contributed by atoms with E-state index in [0.29, 0.717) is 6.04 Å². The van der Waals surface area contributed by atoms with Gasteiger partial charge in [-0.3, -0.25) is 0 Å². The topological polar surface area (TPSA) is 41.0 Å². The molecule has 1 N–H and O–H groups in total. The minimum absolute atomic E-state index is 0.663. The second-order valence-electron chi connectivity index (χ2n) is 6.54. The van der Waals surface area contributed by atoms with Crippen molar-refractivity contribution in [3.8, 4) is 0 Å². The van der Waals surface area contributed by atoms with Crippen molar-refractivity contribution in [2.24, 2.45) is 11.8 Å². The average Bonchev–Trinajstić information content (AvgIpc) is 3.06. The van der Waals surface area contributed by atoms with Gasteiger partial charge in [0.05, 0.1) is 0 Å². The molecule has 0 radical (unpaired) electrons. The SMILES string of the molecule is CCC1C2CNCC2CN1c1ncnc2c1CCCC2. The second-order valence-corrected chi connectivity index (χ2v) is 6.54. The zero-order valence-electron chi connectivity index (χ0n) is 12.3. The molecule has 1 aliphatic carbocycles. The van der Waals surface area contributed by atoms with Crippen LogP contribution in [0, 0.1) is 11.8 Å². The summed E-state index contributed by atoms with van der Waals surface area (Å²) in [7, 11) is 0. The van der Waals surface area contributed by atoms with Crippen molar-refractivity contribution in [2.75, 3.05) is 24.5 Å². The first-order valence-corrected chi connectivity index (χ1v) is 8.18. The molecular weight excluding hydrogens is 248 g/mol. The highest BCUT2D eigenvalue weighted by atomic mass is 15.3. The molecule has 0 saturated carbocycles. The molecule has 4 nitrogen and oxygen atoms in total. The number of fused-ring (bicyclic) bond motifs is 2. The quantitative estimate of drug-likeness (QED) is 0.891. The first kappa shape index (κ1) is 12.6. The largest absolute Gasteiger partial charge is 0.353 e. The Morgan fingerprint density at radius 2 is 2.15 bits per heavy atom. The number of aromatic nitrogens is 2. The summed E-state index contributed by atoms with van der Waals surface area (Å²) in [6.45, 7) is 5.88. The van der Waals surface area contributed by atoms with Gasteiger partial charge in [-0.25, -0.2) is 9.97 Å². The summed E-state index contributed by atoms with van der Waals surface area (Å²) >= 11 is 0. The van der Waals surface area contributed by atoms with Gasteiger partial charge in [0.15, 0.2) is 0 Å². The molecule has 2 saturated heterocycles. The zero-order chi connectivity index (χ0) is 13.5. The Bertz CT molecular complexity index is 501. The van der Waals surface area contributed by atoms with E-state index in [0.717, 1.165) is 18.3 Å². The number of nitrogens with zero attached hydrogens (tertiary/aromatic N) is 3. The van der Waals surface area contributed by atoms with Gasteiger partial charge < -0.3 is 10.2 Å². The molecule has 1 aromatic rings. The Labute approximate surface area is 121 Å². The number of anilines is 1. The summed E-state index contributed by atoms with van der Waals surface area (Å²) in [5.41, 5.74) is 2.76. The molecule has 3 heterocycles. The van der Waals surface area contributed by atoms with Crippen LogP contribution in [0.2, 0.25) is 0 Å². The fraction of sp³-hybridized carbons (Fsp3) is 0.750. The van der Waals surface area contributed by atoms with E-state index in [2.05, 4.69) is 22.1 Å². The molecule has 0 aromatic carbocycles. The molecule has 20 heavy (non-hydrogen) atoms. The summed E-state index contributed by atoms with van der Waals surface area (Å²) in [6.07, 6.45) is 7.92. The van der Waals surface area contributed by atoms with Crippen molar-refractivity contribution in [3.63, 3.8) is 0 Å². The van der Waals surface area contributed by atoms with Gasteiger partial charge in [-0.2, -0.15) is 0 Å². The predicted octanol–water partition coefficient (Wildman–Crippen LogP) is 1.79. The lowest BCUT2D eigenvalue weighted by Gasteiger charge is -2.31. The van der Waals surface area contributed by atoms with E-state index in [4.69, 9.17) is 4.98 Å². The van der Waals surface area contributed by atoms with Crippen LogP contribution in [-0.2, 0) is 12.8 Å². The van der Waals surface area contributed by atoms with E-state index in [-0.39, 0.29) is 0 Å². The van der Waals surface area contributed by atoms with E-state index in [1.165, 1.54) is 62.4 Å². The van der Waals surface area contributed by atoms with Crippen LogP contribution in [0.4, 0.5) is 5.82 Å². The minimum atomic E-state index is 0.663. The maximum Gasteiger partial charge on any atom is 0.135 e. The standard InChI is InChI=1S/C16H24N4/c1-2-15-13-8-17-7-11(13)9-20(15)16-12-5-3-4-6-14(12)18-10-19-16/h10-11,13,15,17H,2-9H2,1H3. The van der Waals surface area contributed by atoms with Crippen LogP contribution in [0.3, 0.4) is 0 Å². The number of hydrogen-bond donors (Lipinski definition) is 1. The lowest BCUT2D eigenvalue weighted by atomic mass is 9.92. The summed E-state index contributed by atoms with van der Waals surface area (Å²) in [5, 5.41) is 3.56. The lowest BCUT2D eigenvalue weighted by molar-refractivity contribution is 0.441. The van der Waals surface area contributed by atoms with Crippen LogP contribution < -0.4 is 10.2 Å². The predicted molar refractivity (Wildman–Crippen MR) is 79.9 cm³/mol. The maximum absolute atomic E-state index is 4.69. The normalized spacial score (nSPS) is 32.2. The molecule has 2 fully saturated rings. The summed E-state index contributed by atoms with van der Waals surface area (Å²) < 4.78 is 0. The number of nitrogens with one attached hydrogen (secondary N) is 1. The molecule has 0 amide bonds. The van der Waals surface area contributed by atoms with Gasteiger partial charge in [-0.1, -0.05) is 6.92 Å². The molecule has 3 aliphatic rings. The van der Waals surface area contributed by atoms with Crippen molar-refractivity contribution in [1.82, 2.24) is 15.3 Å². The molecule has 1 aromatic heterocycles. The monoisotopic (exact) mass is 272 g/mol. The molecular formula is C16H24N4. The van der Waals surface area contributed by atoms with Gasteiger partial charge >= 0.3 is 0 Å². The Kier molecular flexibility index (Phi) is 3.14. The molecule has 108 valence electrons. The fourth-order valence-electron chi connectivity index (χ4n) is 4.54. The molecule has 4 rings (SSSR count). The van der Waals surface area contributed by atoms with Crippen LogP contribution in [0.25, 0.3) is 0 Å². The maximum atomic E-state index is 4.69. The van der Waals surface area contributed by atoms with E-state index >= 15 is 0 Å². The zero-order valence-corrected chi connectivity index (χ0v) is 12.3. The Hall–Kier alpha value is -1.16. The molecule has 3 atom stereocenters. The average molecular weight is 272 g/mol. The van der Waals surface area contributed by atoms with Gasteiger partial charge in [-0.05, 0) is 43.9 Å². The van der Waals surface area contributed by atoms with Crippen LogP contribution in [0.5, 0.6) is 0 Å². The van der Waals surface area contributed by atoms with Crippen molar-refractivity contribution < 1.29 is 0 Å². The summed E-state index contributed by atoms with van der Waals surface area (Å²) in [5.74, 6) is 2.89. The van der Waals surface area contributed by atoms with Crippen molar-refractivity contribution in [1.29, 1.82) is 0 Å². The summed E-state index contributed by atoms with van der Waals surface area (Å²) in [4.78, 5) is 11.8. The minimum Gasteiger partial charge on any atom is -0.353 e. The fourth-order valence-corrected chi connectivity index (χ4v) is 4.54. The highest BCUT2D eigenvalue weighted by Gasteiger charge is 2.44. The molecule has 2 aliphatic heterocycles. The second kappa shape index (κ2) is 4.99. The van der Waals surface area contributed by atoms with Gasteiger partial charge in [0.1, 0.15) is 12.1 Å². The summed E-state index contributed by atoms with van der Waals surface area (Å²) in [6, 6.07) is 0.663. The molecule has 3 unspecified atom stereocenters. The Balaban J connectivity index is 1.70. The van der Waals surface area contributed by atoms with E-state index in [1.54, 1.807) is 6.33 Å². The van der Waals surface area contributed by atoms with E-state index < -0.39 is 0 Å². The highest BCUT2D eigenvalue weighted by Crippen LogP contribution is 2.39. The smallest absolute Gasteiger partial charge is 0.135 e. The van der Waals surface area contributed by atoms with Gasteiger partial charge in [-0.15, -0.1) is 0 Å². The van der Waals surface area contributed by atoms with Crippen LogP contribution in [0.1, 0.15) is 37.4 Å². The number of hydrogen-bond acceptors (Lipinski definition) is 4. The van der Waals surface area contributed by atoms with Gasteiger partial charge in [0, 0.05) is 36.9 Å². The van der Waals surface area contributed by atoms with Crippen molar-refractivity contribution >= 4 is 5.82 Å². The Morgan fingerprint density at radius 3 is 3.05 bits per heavy atom. The van der Waals surface area contributed by atoms with E-state index in [9.17, 15) is 0 Å². The third-order valence-corrected chi connectivity index (χ3v) is 5.51. The number of rotatable bonds is 2. The highest BCUT2D eigenvalue weighted by molar-refractivity contribution is 5.52. The van der Waals surface area contributed by atoms with Crippen LogP contribution >= 0.6 is 0 Å². The Morgan fingerprint density at radius 1 is 1.25 bits per heavy atom. The lowest BCUT2D eigenvalue weighted by Crippen LogP contribution is -2.36. The molecule has 4 heteroatoms. The molecule has 0 bridgehead atoms. The molecule has 0 spiro atoms. The van der Waals surface area contributed by atoms with Crippen LogP contribution in [0.15, 0.2) is 6.33 Å². The van der Waals surface area contributed by atoms with Crippen molar-refractivity contribution in [3.05, 3.63) is 17.6 Å². The van der Waals surface area contributed by atoms with E-state index in [1.807, 2.05) is 0 Å². The van der Waals surface area contributed by atoms with Gasteiger partial charge in [0.25, 0.3) is 0 Å². The third-order valence-electron chi connectivity index (χ3n) is 5.51.